The van der Waals surface area contributed by atoms with Crippen molar-refractivity contribution in [1.82, 2.24) is 0 Å². The molecule has 1 aliphatic carbocycles. The van der Waals surface area contributed by atoms with Crippen molar-refractivity contribution in [3.63, 3.8) is 0 Å². The zero-order valence-corrected chi connectivity index (χ0v) is 8.59. The van der Waals surface area contributed by atoms with Gasteiger partial charge in [0, 0.05) is 0 Å². The third kappa shape index (κ3) is 1.50. The molecule has 13 heavy (non-hydrogen) atoms. The normalized spacial score (nSPS) is 26.9. The van der Waals surface area contributed by atoms with Crippen LogP contribution in [0, 0.1) is 5.92 Å². The first-order chi connectivity index (χ1) is 6.33. The van der Waals surface area contributed by atoms with Gasteiger partial charge in [-0.25, -0.2) is 0 Å². The minimum atomic E-state index is 0.810. The van der Waals surface area contributed by atoms with E-state index in [1.807, 2.05) is 0 Å². The fourth-order valence-electron chi connectivity index (χ4n) is 2.64. The number of rotatable bonds is 1. The van der Waals surface area contributed by atoms with Gasteiger partial charge in [0.2, 0.25) is 0 Å². The van der Waals surface area contributed by atoms with Crippen LogP contribution in [0.15, 0.2) is 24.3 Å². The third-order valence-electron chi connectivity index (χ3n) is 3.45. The van der Waals surface area contributed by atoms with Crippen LogP contribution in [-0.4, -0.2) is 0 Å². The first-order valence-electron chi connectivity index (χ1n) is 5.40. The fraction of sp³-hybridized carbons (Fsp3) is 0.538. The van der Waals surface area contributed by atoms with Gasteiger partial charge in [-0.3, -0.25) is 0 Å². The molecule has 0 saturated carbocycles. The van der Waals surface area contributed by atoms with Gasteiger partial charge in [0.25, 0.3) is 0 Å². The average molecular weight is 174 g/mol. The van der Waals surface area contributed by atoms with Gasteiger partial charge in [-0.1, -0.05) is 38.1 Å². The Kier molecular flexibility index (Phi) is 2.39. The SMILES string of the molecule is CCC1c2ccccc2CCC1C. The number of fused-ring (bicyclic) bond motifs is 1. The molecule has 70 valence electrons. The maximum atomic E-state index is 2.39. The highest BCUT2D eigenvalue weighted by Crippen LogP contribution is 2.37. The van der Waals surface area contributed by atoms with Gasteiger partial charge in [0.05, 0.1) is 0 Å². The summed E-state index contributed by atoms with van der Waals surface area (Å²) in [7, 11) is 0. The molecule has 0 spiro atoms. The standard InChI is InChI=1S/C13H18/c1-3-12-10(2)8-9-11-6-4-5-7-13(11)12/h4-7,10,12H,3,8-9H2,1-2H3. The second-order valence-corrected chi connectivity index (χ2v) is 4.23. The summed E-state index contributed by atoms with van der Waals surface area (Å²) < 4.78 is 0. The Hall–Kier alpha value is -0.780. The highest BCUT2D eigenvalue weighted by Gasteiger charge is 2.24. The van der Waals surface area contributed by atoms with Crippen LogP contribution < -0.4 is 0 Å². The summed E-state index contributed by atoms with van der Waals surface area (Å²) >= 11 is 0. The molecule has 2 unspecified atom stereocenters. The molecule has 2 rings (SSSR count). The Labute approximate surface area is 81.0 Å². The molecule has 0 nitrogen and oxygen atoms in total. The molecule has 0 N–H and O–H groups in total. The number of aryl methyl sites for hydroxylation is 1. The monoisotopic (exact) mass is 174 g/mol. The van der Waals surface area contributed by atoms with Crippen LogP contribution in [0.2, 0.25) is 0 Å². The topological polar surface area (TPSA) is 0 Å². The molecule has 0 aromatic heterocycles. The molecular formula is C13H18. The lowest BCUT2D eigenvalue weighted by Crippen LogP contribution is -2.17. The van der Waals surface area contributed by atoms with Gasteiger partial charge < -0.3 is 0 Å². The van der Waals surface area contributed by atoms with E-state index in [0.29, 0.717) is 0 Å². The van der Waals surface area contributed by atoms with Crippen LogP contribution in [0.4, 0.5) is 0 Å². The Bertz CT molecular complexity index is 288. The maximum absolute atomic E-state index is 2.39. The molecule has 0 amide bonds. The van der Waals surface area contributed by atoms with Gasteiger partial charge in [-0.2, -0.15) is 0 Å². The van der Waals surface area contributed by atoms with Gasteiger partial charge in [-0.15, -0.1) is 0 Å². The van der Waals surface area contributed by atoms with Crippen molar-refractivity contribution in [1.29, 1.82) is 0 Å². The minimum Gasteiger partial charge on any atom is -0.0648 e. The first-order valence-corrected chi connectivity index (χ1v) is 5.40. The summed E-state index contributed by atoms with van der Waals surface area (Å²) in [6.45, 7) is 4.70. The molecule has 0 fully saturated rings. The summed E-state index contributed by atoms with van der Waals surface area (Å²) in [5, 5.41) is 0. The van der Waals surface area contributed by atoms with Crippen molar-refractivity contribution in [3.05, 3.63) is 35.4 Å². The van der Waals surface area contributed by atoms with Gasteiger partial charge in [0.15, 0.2) is 0 Å². The quantitative estimate of drug-likeness (QED) is 0.608. The molecule has 0 saturated heterocycles. The van der Waals surface area contributed by atoms with Crippen LogP contribution in [0.1, 0.15) is 43.7 Å². The predicted octanol–water partition coefficient (Wildman–Crippen LogP) is 3.76. The zero-order valence-electron chi connectivity index (χ0n) is 8.59. The molecule has 0 heterocycles. The minimum absolute atomic E-state index is 0.810. The molecular weight excluding hydrogens is 156 g/mol. The van der Waals surface area contributed by atoms with E-state index < -0.39 is 0 Å². The van der Waals surface area contributed by atoms with E-state index in [1.165, 1.54) is 19.3 Å². The Morgan fingerprint density at radius 3 is 2.85 bits per heavy atom. The number of hydrogen-bond acceptors (Lipinski definition) is 0. The summed E-state index contributed by atoms with van der Waals surface area (Å²) in [5.74, 6) is 1.69. The summed E-state index contributed by atoms with van der Waals surface area (Å²) in [6.07, 6.45) is 3.95. The molecule has 1 aromatic carbocycles. The smallest absolute Gasteiger partial charge is 0.0136 e. The summed E-state index contributed by atoms with van der Waals surface area (Å²) in [5.41, 5.74) is 3.20. The Balaban J connectivity index is 2.39. The lowest BCUT2D eigenvalue weighted by molar-refractivity contribution is 0.394. The molecule has 0 radical (unpaired) electrons. The molecule has 1 aliphatic rings. The van der Waals surface area contributed by atoms with Crippen molar-refractivity contribution >= 4 is 0 Å². The second kappa shape index (κ2) is 3.53. The highest BCUT2D eigenvalue weighted by atomic mass is 14.3. The van der Waals surface area contributed by atoms with Crippen LogP contribution >= 0.6 is 0 Å². The zero-order chi connectivity index (χ0) is 9.26. The number of benzene rings is 1. The maximum Gasteiger partial charge on any atom is -0.0136 e. The van der Waals surface area contributed by atoms with Crippen LogP contribution in [0.5, 0.6) is 0 Å². The van der Waals surface area contributed by atoms with Crippen molar-refractivity contribution in [3.8, 4) is 0 Å². The van der Waals surface area contributed by atoms with E-state index in [1.54, 1.807) is 11.1 Å². The van der Waals surface area contributed by atoms with E-state index >= 15 is 0 Å². The van der Waals surface area contributed by atoms with E-state index in [4.69, 9.17) is 0 Å². The van der Waals surface area contributed by atoms with Crippen molar-refractivity contribution < 1.29 is 0 Å². The van der Waals surface area contributed by atoms with Gasteiger partial charge >= 0.3 is 0 Å². The third-order valence-corrected chi connectivity index (χ3v) is 3.45. The van der Waals surface area contributed by atoms with Gasteiger partial charge in [-0.05, 0) is 42.2 Å². The average Bonchev–Trinajstić information content (AvgIpc) is 2.18. The van der Waals surface area contributed by atoms with Crippen LogP contribution in [0.3, 0.4) is 0 Å². The number of hydrogen-bond donors (Lipinski definition) is 0. The summed E-state index contributed by atoms with van der Waals surface area (Å²) in [4.78, 5) is 0. The molecule has 0 heteroatoms. The van der Waals surface area contributed by atoms with E-state index in [0.717, 1.165) is 11.8 Å². The largest absolute Gasteiger partial charge is 0.0648 e. The van der Waals surface area contributed by atoms with Crippen molar-refractivity contribution in [2.75, 3.05) is 0 Å². The highest BCUT2D eigenvalue weighted by molar-refractivity contribution is 5.33. The van der Waals surface area contributed by atoms with Crippen LogP contribution in [-0.2, 0) is 6.42 Å². The van der Waals surface area contributed by atoms with Crippen molar-refractivity contribution in [2.45, 2.75) is 39.0 Å². The second-order valence-electron chi connectivity index (χ2n) is 4.23. The van der Waals surface area contributed by atoms with E-state index in [9.17, 15) is 0 Å². The van der Waals surface area contributed by atoms with E-state index in [2.05, 4.69) is 38.1 Å². The molecule has 1 aromatic rings. The lowest BCUT2D eigenvalue weighted by Gasteiger charge is -2.30. The van der Waals surface area contributed by atoms with E-state index in [-0.39, 0.29) is 0 Å². The Morgan fingerprint density at radius 2 is 2.08 bits per heavy atom. The van der Waals surface area contributed by atoms with Gasteiger partial charge in [0.1, 0.15) is 0 Å². The Morgan fingerprint density at radius 1 is 1.31 bits per heavy atom. The molecule has 2 atom stereocenters. The molecule has 0 aliphatic heterocycles. The fourth-order valence-corrected chi connectivity index (χ4v) is 2.64. The predicted molar refractivity (Wildman–Crippen MR) is 57.0 cm³/mol. The van der Waals surface area contributed by atoms with Crippen LogP contribution in [0.25, 0.3) is 0 Å². The summed E-state index contributed by atoms with van der Waals surface area (Å²) in [6, 6.07) is 8.96. The van der Waals surface area contributed by atoms with Crippen molar-refractivity contribution in [2.24, 2.45) is 5.92 Å². The molecule has 0 bridgehead atoms. The first kappa shape index (κ1) is 8.80. The lowest BCUT2D eigenvalue weighted by atomic mass is 9.75.